The monoisotopic (exact) mass is 465 g/mol. The number of thiocarbonyl (C=S) groups is 1. The number of carbonyl (C=O) groups is 2. The molecule has 0 saturated heterocycles. The summed E-state index contributed by atoms with van der Waals surface area (Å²) in [5.41, 5.74) is 0.0286. The Morgan fingerprint density at radius 2 is 1.59 bits per heavy atom. The predicted octanol–water partition coefficient (Wildman–Crippen LogP) is 6.13. The lowest BCUT2D eigenvalue weighted by Crippen LogP contribution is -2.33. The lowest BCUT2D eigenvalue weighted by atomic mass is 10.1. The van der Waals surface area contributed by atoms with E-state index in [-0.39, 0.29) is 22.3 Å². The minimum atomic E-state index is -4.49. The molecule has 0 saturated carbocycles. The van der Waals surface area contributed by atoms with Crippen molar-refractivity contribution in [3.8, 4) is 0 Å². The number of benzene rings is 2. The fraction of sp³-hybridized carbons (Fsp3) is 0.348. The molecule has 3 N–H and O–H groups in total. The number of unbranched alkanes of at least 4 members (excludes halogenated alkanes) is 4. The highest BCUT2D eigenvalue weighted by atomic mass is 32.1. The highest BCUT2D eigenvalue weighted by molar-refractivity contribution is 7.80. The van der Waals surface area contributed by atoms with Crippen LogP contribution in [0, 0.1) is 0 Å². The Morgan fingerprint density at radius 3 is 2.25 bits per heavy atom. The molecule has 32 heavy (non-hydrogen) atoms. The zero-order valence-electron chi connectivity index (χ0n) is 17.7. The van der Waals surface area contributed by atoms with Gasteiger partial charge in [-0.25, -0.2) is 0 Å². The first kappa shape index (κ1) is 25.3. The summed E-state index contributed by atoms with van der Waals surface area (Å²) in [6.07, 6.45) is 1.15. The molecule has 0 aromatic heterocycles. The van der Waals surface area contributed by atoms with E-state index < -0.39 is 17.6 Å². The minimum Gasteiger partial charge on any atom is -0.332 e. The molecule has 0 fully saturated rings. The molecule has 172 valence electrons. The van der Waals surface area contributed by atoms with Gasteiger partial charge in [0, 0.05) is 23.4 Å². The zero-order chi connectivity index (χ0) is 23.6. The number of carbonyl (C=O) groups excluding carboxylic acids is 2. The lowest BCUT2D eigenvalue weighted by molar-refractivity contribution is -0.137. The van der Waals surface area contributed by atoms with Gasteiger partial charge < -0.3 is 16.0 Å². The molecule has 9 heteroatoms. The second-order valence-electron chi connectivity index (χ2n) is 7.28. The average Bonchev–Trinajstić information content (AvgIpc) is 2.73. The van der Waals surface area contributed by atoms with Crippen LogP contribution < -0.4 is 16.0 Å². The van der Waals surface area contributed by atoms with E-state index in [4.69, 9.17) is 12.2 Å². The minimum absolute atomic E-state index is 0.0469. The summed E-state index contributed by atoms with van der Waals surface area (Å²) in [5, 5.41) is 8.09. The molecule has 0 atom stereocenters. The number of hydrogen-bond donors (Lipinski definition) is 3. The summed E-state index contributed by atoms with van der Waals surface area (Å²) in [4.78, 5) is 24.2. The van der Waals surface area contributed by atoms with Gasteiger partial charge in [-0.1, -0.05) is 38.7 Å². The number of hydrogen-bond acceptors (Lipinski definition) is 3. The standard InChI is InChI=1S/C23H26F3N3O2S/c1-2-3-4-5-6-10-20(30)29-22(32)28-18-13-11-16(12-14-18)21(31)27-19-9-7-8-17(15-19)23(24,25)26/h7-9,11-15H,2-6,10H2,1H3,(H,27,31)(H2,28,29,30,32). The SMILES string of the molecule is CCCCCCCC(=O)NC(=S)Nc1ccc(C(=O)Nc2cccc(C(F)(F)F)c2)cc1. The number of nitrogens with one attached hydrogen (secondary N) is 3. The molecule has 2 rings (SSSR count). The van der Waals surface area contributed by atoms with E-state index in [0.717, 1.165) is 44.2 Å². The van der Waals surface area contributed by atoms with Gasteiger partial charge in [-0.15, -0.1) is 0 Å². The molecule has 0 bridgehead atoms. The number of anilines is 2. The fourth-order valence-electron chi connectivity index (χ4n) is 2.92. The largest absolute Gasteiger partial charge is 0.416 e. The topological polar surface area (TPSA) is 70.2 Å². The quantitative estimate of drug-likeness (QED) is 0.308. The van der Waals surface area contributed by atoms with Gasteiger partial charge in [0.25, 0.3) is 5.91 Å². The van der Waals surface area contributed by atoms with E-state index in [2.05, 4.69) is 22.9 Å². The van der Waals surface area contributed by atoms with Crippen LogP contribution in [0.5, 0.6) is 0 Å². The molecule has 2 aromatic carbocycles. The maximum Gasteiger partial charge on any atom is 0.416 e. The summed E-state index contributed by atoms with van der Waals surface area (Å²) in [5.74, 6) is -0.703. The number of alkyl halides is 3. The van der Waals surface area contributed by atoms with Crippen LogP contribution >= 0.6 is 12.2 Å². The second kappa shape index (κ2) is 12.2. The van der Waals surface area contributed by atoms with Crippen molar-refractivity contribution in [2.45, 2.75) is 51.6 Å². The summed E-state index contributed by atoms with van der Waals surface area (Å²) in [6.45, 7) is 2.13. The van der Waals surface area contributed by atoms with Gasteiger partial charge in [-0.05, 0) is 61.1 Å². The molecule has 5 nitrogen and oxygen atoms in total. The molecular weight excluding hydrogens is 439 g/mol. The van der Waals surface area contributed by atoms with Crippen LogP contribution in [0.1, 0.15) is 61.4 Å². The molecule has 0 radical (unpaired) electrons. The van der Waals surface area contributed by atoms with Gasteiger partial charge in [0.15, 0.2) is 5.11 Å². The van der Waals surface area contributed by atoms with Crippen molar-refractivity contribution in [3.63, 3.8) is 0 Å². The van der Waals surface area contributed by atoms with Crippen LogP contribution in [0.4, 0.5) is 24.5 Å². The number of halogens is 3. The molecule has 0 unspecified atom stereocenters. The molecule has 0 aliphatic carbocycles. The first-order valence-corrected chi connectivity index (χ1v) is 10.8. The summed E-state index contributed by atoms with van der Waals surface area (Å²) >= 11 is 5.13. The Morgan fingerprint density at radius 1 is 0.906 bits per heavy atom. The summed E-state index contributed by atoms with van der Waals surface area (Å²) < 4.78 is 38.4. The summed E-state index contributed by atoms with van der Waals surface area (Å²) in [7, 11) is 0. The van der Waals surface area contributed by atoms with Crippen LogP contribution in [0.2, 0.25) is 0 Å². The van der Waals surface area contributed by atoms with Crippen molar-refractivity contribution in [1.29, 1.82) is 0 Å². The maximum atomic E-state index is 12.8. The van der Waals surface area contributed by atoms with E-state index in [1.165, 1.54) is 24.3 Å². The van der Waals surface area contributed by atoms with Crippen molar-refractivity contribution in [2.75, 3.05) is 10.6 Å². The number of amides is 2. The molecule has 0 aliphatic rings. The van der Waals surface area contributed by atoms with Gasteiger partial charge in [0.05, 0.1) is 5.56 Å². The Balaban J connectivity index is 1.84. The van der Waals surface area contributed by atoms with E-state index in [0.29, 0.717) is 12.1 Å². The van der Waals surface area contributed by atoms with Gasteiger partial charge in [0.1, 0.15) is 0 Å². The van der Waals surface area contributed by atoms with Crippen molar-refractivity contribution >= 4 is 40.5 Å². The highest BCUT2D eigenvalue weighted by Crippen LogP contribution is 2.30. The smallest absolute Gasteiger partial charge is 0.332 e. The first-order chi connectivity index (χ1) is 15.2. The third-order valence-corrected chi connectivity index (χ3v) is 4.82. The van der Waals surface area contributed by atoms with Crippen LogP contribution in [0.3, 0.4) is 0 Å². The Kier molecular flexibility index (Phi) is 9.64. The molecule has 0 spiro atoms. The lowest BCUT2D eigenvalue weighted by Gasteiger charge is -2.11. The van der Waals surface area contributed by atoms with E-state index in [1.807, 2.05) is 0 Å². The van der Waals surface area contributed by atoms with Crippen molar-refractivity contribution in [1.82, 2.24) is 5.32 Å². The molecule has 0 aliphatic heterocycles. The van der Waals surface area contributed by atoms with Crippen molar-refractivity contribution in [3.05, 3.63) is 59.7 Å². The van der Waals surface area contributed by atoms with Crippen molar-refractivity contribution in [2.24, 2.45) is 0 Å². The van der Waals surface area contributed by atoms with Crippen LogP contribution in [0.15, 0.2) is 48.5 Å². The molecule has 2 amide bonds. The van der Waals surface area contributed by atoms with E-state index >= 15 is 0 Å². The number of rotatable bonds is 9. The fourth-order valence-corrected chi connectivity index (χ4v) is 3.15. The normalized spacial score (nSPS) is 11.0. The Bertz CT molecular complexity index is 931. The van der Waals surface area contributed by atoms with Gasteiger partial charge in [-0.3, -0.25) is 9.59 Å². The predicted molar refractivity (Wildman–Crippen MR) is 124 cm³/mol. The third kappa shape index (κ3) is 8.66. The second-order valence-corrected chi connectivity index (χ2v) is 7.68. The van der Waals surface area contributed by atoms with Crippen LogP contribution in [0.25, 0.3) is 0 Å². The maximum absolute atomic E-state index is 12.8. The first-order valence-electron chi connectivity index (χ1n) is 10.4. The van der Waals surface area contributed by atoms with Gasteiger partial charge in [-0.2, -0.15) is 13.2 Å². The zero-order valence-corrected chi connectivity index (χ0v) is 18.5. The third-order valence-electron chi connectivity index (χ3n) is 4.61. The highest BCUT2D eigenvalue weighted by Gasteiger charge is 2.30. The Labute approximate surface area is 190 Å². The van der Waals surface area contributed by atoms with Gasteiger partial charge >= 0.3 is 6.18 Å². The average molecular weight is 466 g/mol. The van der Waals surface area contributed by atoms with Crippen LogP contribution in [-0.2, 0) is 11.0 Å². The Hall–Kier alpha value is -2.94. The van der Waals surface area contributed by atoms with E-state index in [1.54, 1.807) is 12.1 Å². The van der Waals surface area contributed by atoms with Crippen molar-refractivity contribution < 1.29 is 22.8 Å². The molecule has 0 heterocycles. The van der Waals surface area contributed by atoms with Crippen LogP contribution in [-0.4, -0.2) is 16.9 Å². The van der Waals surface area contributed by atoms with Gasteiger partial charge in [0.2, 0.25) is 5.91 Å². The summed E-state index contributed by atoms with van der Waals surface area (Å²) in [6, 6.07) is 10.6. The van der Waals surface area contributed by atoms with E-state index in [9.17, 15) is 22.8 Å². The molecular formula is C23H26F3N3O2S. The molecule has 2 aromatic rings.